The summed E-state index contributed by atoms with van der Waals surface area (Å²) in [6, 6.07) is 2.99. The van der Waals surface area contributed by atoms with Crippen molar-refractivity contribution in [3.05, 3.63) is 22.7 Å². The van der Waals surface area contributed by atoms with Crippen LogP contribution in [0.4, 0.5) is 10.5 Å². The molecule has 0 aromatic heterocycles. The minimum Gasteiger partial charge on any atom is -0.496 e. The SMILES string of the molecule is COc1cc(N)c(Cl)cc1C(=O)NC1CCN(C(=O)OC(C)(C)C)CC1. The molecule has 8 heteroatoms. The van der Waals surface area contributed by atoms with Crippen molar-refractivity contribution in [2.75, 3.05) is 25.9 Å². The Balaban J connectivity index is 1.94. The van der Waals surface area contributed by atoms with Crippen molar-refractivity contribution < 1.29 is 19.1 Å². The molecule has 0 saturated carbocycles. The lowest BCUT2D eigenvalue weighted by Gasteiger charge is -2.33. The third-order valence-corrected chi connectivity index (χ3v) is 4.37. The normalized spacial score (nSPS) is 15.5. The van der Waals surface area contributed by atoms with E-state index >= 15 is 0 Å². The first-order valence-corrected chi connectivity index (χ1v) is 8.90. The Hall–Kier alpha value is -2.15. The average Bonchev–Trinajstić information content (AvgIpc) is 2.55. The van der Waals surface area contributed by atoms with Crippen molar-refractivity contribution in [1.82, 2.24) is 10.2 Å². The van der Waals surface area contributed by atoms with E-state index < -0.39 is 5.60 Å². The number of hydrogen-bond acceptors (Lipinski definition) is 5. The van der Waals surface area contributed by atoms with Gasteiger partial charge >= 0.3 is 6.09 Å². The zero-order valence-electron chi connectivity index (χ0n) is 15.6. The smallest absolute Gasteiger partial charge is 0.410 e. The third kappa shape index (κ3) is 5.17. The number of halogens is 1. The van der Waals surface area contributed by atoms with Crippen molar-refractivity contribution in [3.8, 4) is 5.75 Å². The summed E-state index contributed by atoms with van der Waals surface area (Å²) in [4.78, 5) is 26.3. The van der Waals surface area contributed by atoms with Gasteiger partial charge in [-0.1, -0.05) is 11.6 Å². The van der Waals surface area contributed by atoms with E-state index in [-0.39, 0.29) is 18.0 Å². The summed E-state index contributed by atoms with van der Waals surface area (Å²) >= 11 is 6.02. The first-order chi connectivity index (χ1) is 12.1. The number of piperidine rings is 1. The van der Waals surface area contributed by atoms with Gasteiger partial charge in [-0.05, 0) is 39.7 Å². The molecule has 0 aliphatic carbocycles. The number of ether oxygens (including phenoxy) is 2. The van der Waals surface area contributed by atoms with Gasteiger partial charge in [0.1, 0.15) is 11.4 Å². The lowest BCUT2D eigenvalue weighted by atomic mass is 10.0. The number of nitrogens with zero attached hydrogens (tertiary/aromatic N) is 1. The van der Waals surface area contributed by atoms with E-state index in [2.05, 4.69) is 5.32 Å². The van der Waals surface area contributed by atoms with Gasteiger partial charge in [0.15, 0.2) is 0 Å². The minimum atomic E-state index is -0.521. The summed E-state index contributed by atoms with van der Waals surface area (Å²) in [7, 11) is 1.47. The highest BCUT2D eigenvalue weighted by atomic mass is 35.5. The maximum atomic E-state index is 12.6. The average molecular weight is 384 g/mol. The standard InChI is InChI=1S/C18H26ClN3O4/c1-18(2,3)26-17(24)22-7-5-11(6-8-22)21-16(23)12-9-13(19)14(20)10-15(12)25-4/h9-11H,5-8,20H2,1-4H3,(H,21,23). The molecule has 1 heterocycles. The molecule has 1 aromatic carbocycles. The summed E-state index contributed by atoms with van der Waals surface area (Å²) in [6.45, 7) is 6.56. The van der Waals surface area contributed by atoms with Crippen LogP contribution in [0.2, 0.25) is 5.02 Å². The van der Waals surface area contributed by atoms with E-state index in [1.165, 1.54) is 19.2 Å². The molecule has 0 bridgehead atoms. The quantitative estimate of drug-likeness (QED) is 0.782. The number of carbonyl (C=O) groups excluding carboxylic acids is 2. The van der Waals surface area contributed by atoms with E-state index in [0.29, 0.717) is 48.0 Å². The van der Waals surface area contributed by atoms with Crippen LogP contribution >= 0.6 is 11.6 Å². The Morgan fingerprint density at radius 3 is 2.42 bits per heavy atom. The van der Waals surface area contributed by atoms with Gasteiger partial charge in [-0.2, -0.15) is 0 Å². The van der Waals surface area contributed by atoms with Gasteiger partial charge in [0.2, 0.25) is 0 Å². The van der Waals surface area contributed by atoms with E-state index in [9.17, 15) is 9.59 Å². The highest BCUT2D eigenvalue weighted by molar-refractivity contribution is 6.33. The van der Waals surface area contributed by atoms with Gasteiger partial charge in [0.05, 0.1) is 23.4 Å². The molecule has 0 unspecified atom stereocenters. The summed E-state index contributed by atoms with van der Waals surface area (Å²) < 4.78 is 10.6. The number of nitrogens with one attached hydrogen (secondary N) is 1. The Morgan fingerprint density at radius 1 is 1.27 bits per heavy atom. The highest BCUT2D eigenvalue weighted by Crippen LogP contribution is 2.29. The van der Waals surface area contributed by atoms with Gasteiger partial charge in [-0.25, -0.2) is 4.79 Å². The minimum absolute atomic E-state index is 0.0396. The maximum Gasteiger partial charge on any atom is 0.410 e. The summed E-state index contributed by atoms with van der Waals surface area (Å²) in [5.74, 6) is 0.0926. The molecule has 0 atom stereocenters. The summed E-state index contributed by atoms with van der Waals surface area (Å²) in [5, 5.41) is 3.27. The lowest BCUT2D eigenvalue weighted by molar-refractivity contribution is 0.0199. The second-order valence-corrected chi connectivity index (χ2v) is 7.70. The molecule has 0 radical (unpaired) electrons. The predicted octanol–water partition coefficient (Wildman–Crippen LogP) is 3.06. The van der Waals surface area contributed by atoms with Gasteiger partial charge in [-0.15, -0.1) is 0 Å². The third-order valence-electron chi connectivity index (χ3n) is 4.05. The fourth-order valence-electron chi connectivity index (χ4n) is 2.71. The number of rotatable bonds is 3. The largest absolute Gasteiger partial charge is 0.496 e. The van der Waals surface area contributed by atoms with Crippen molar-refractivity contribution in [2.45, 2.75) is 45.3 Å². The van der Waals surface area contributed by atoms with Crippen molar-refractivity contribution in [2.24, 2.45) is 0 Å². The molecule has 1 saturated heterocycles. The van der Waals surface area contributed by atoms with Crippen LogP contribution in [0, 0.1) is 0 Å². The van der Waals surface area contributed by atoms with Crippen LogP contribution in [0.5, 0.6) is 5.75 Å². The molecular weight excluding hydrogens is 358 g/mol. The molecule has 144 valence electrons. The number of methoxy groups -OCH3 is 1. The molecule has 7 nitrogen and oxygen atoms in total. The Morgan fingerprint density at radius 2 is 1.88 bits per heavy atom. The zero-order chi connectivity index (χ0) is 19.5. The van der Waals surface area contributed by atoms with Crippen LogP contribution < -0.4 is 15.8 Å². The van der Waals surface area contributed by atoms with Gasteiger partial charge < -0.3 is 25.4 Å². The topological polar surface area (TPSA) is 93.9 Å². The molecule has 3 N–H and O–H groups in total. The number of amides is 2. The first kappa shape index (κ1) is 20.2. The number of anilines is 1. The van der Waals surface area contributed by atoms with Crippen LogP contribution in [-0.2, 0) is 4.74 Å². The molecule has 0 spiro atoms. The van der Waals surface area contributed by atoms with E-state index in [0.717, 1.165) is 0 Å². The Bertz CT molecular complexity index is 680. The zero-order valence-corrected chi connectivity index (χ0v) is 16.4. The van der Waals surface area contributed by atoms with Gasteiger partial charge in [-0.3, -0.25) is 4.79 Å². The van der Waals surface area contributed by atoms with Crippen molar-refractivity contribution in [1.29, 1.82) is 0 Å². The Kier molecular flexibility index (Phi) is 6.23. The Labute approximate surface area is 158 Å². The van der Waals surface area contributed by atoms with Gasteiger partial charge in [0.25, 0.3) is 5.91 Å². The number of nitrogen functional groups attached to an aromatic ring is 1. The molecule has 2 amide bonds. The number of likely N-dealkylation sites (tertiary alicyclic amines) is 1. The fraction of sp³-hybridized carbons (Fsp3) is 0.556. The van der Waals surface area contributed by atoms with Crippen LogP contribution in [0.1, 0.15) is 44.0 Å². The van der Waals surface area contributed by atoms with Crippen molar-refractivity contribution in [3.63, 3.8) is 0 Å². The van der Waals surface area contributed by atoms with Crippen LogP contribution in [0.15, 0.2) is 12.1 Å². The summed E-state index contributed by atoms with van der Waals surface area (Å²) in [5.41, 5.74) is 5.91. The molecule has 1 aliphatic rings. The molecular formula is C18H26ClN3O4. The van der Waals surface area contributed by atoms with E-state index in [1.54, 1.807) is 4.90 Å². The number of nitrogens with two attached hydrogens (primary N) is 1. The number of carbonyl (C=O) groups is 2. The second-order valence-electron chi connectivity index (χ2n) is 7.29. The maximum absolute atomic E-state index is 12.6. The number of benzene rings is 1. The number of hydrogen-bond donors (Lipinski definition) is 2. The second kappa shape index (κ2) is 8.03. The van der Waals surface area contributed by atoms with E-state index in [4.69, 9.17) is 26.8 Å². The van der Waals surface area contributed by atoms with Crippen molar-refractivity contribution >= 4 is 29.3 Å². The van der Waals surface area contributed by atoms with Crippen LogP contribution in [-0.4, -0.2) is 48.7 Å². The van der Waals surface area contributed by atoms with Crippen LogP contribution in [0.3, 0.4) is 0 Å². The molecule has 26 heavy (non-hydrogen) atoms. The van der Waals surface area contributed by atoms with Gasteiger partial charge in [0, 0.05) is 25.2 Å². The predicted molar refractivity (Wildman–Crippen MR) is 101 cm³/mol. The summed E-state index contributed by atoms with van der Waals surface area (Å²) in [6.07, 6.45) is 0.973. The molecule has 1 aliphatic heterocycles. The molecule has 2 rings (SSSR count). The first-order valence-electron chi connectivity index (χ1n) is 8.52. The molecule has 1 aromatic rings. The lowest BCUT2D eigenvalue weighted by Crippen LogP contribution is -2.47. The van der Waals surface area contributed by atoms with Crippen LogP contribution in [0.25, 0.3) is 0 Å². The van der Waals surface area contributed by atoms with E-state index in [1.807, 2.05) is 20.8 Å². The molecule has 1 fully saturated rings. The monoisotopic (exact) mass is 383 g/mol. The fourth-order valence-corrected chi connectivity index (χ4v) is 2.88. The highest BCUT2D eigenvalue weighted by Gasteiger charge is 2.28.